The standard InChI is InChI=1S/C12H8Cl2N2O2S/c13-8-2-1-6(3-9(8)14)11-15-12(18-16-11)7-4-19-5-10(7)17/h1-3,7H,4-5H2. The maximum absolute atomic E-state index is 11.6. The van der Waals surface area contributed by atoms with Crippen LogP contribution in [0.25, 0.3) is 11.4 Å². The first-order chi connectivity index (χ1) is 9.15. The van der Waals surface area contributed by atoms with Gasteiger partial charge in [-0.2, -0.15) is 16.7 Å². The lowest BCUT2D eigenvalue weighted by molar-refractivity contribution is -0.117. The molecule has 1 aromatic carbocycles. The Morgan fingerprint density at radius 2 is 2.16 bits per heavy atom. The number of Topliss-reactive ketones (excluding diaryl/α,β-unsaturated/α-hetero) is 1. The molecule has 19 heavy (non-hydrogen) atoms. The summed E-state index contributed by atoms with van der Waals surface area (Å²) in [6.07, 6.45) is 0. The Morgan fingerprint density at radius 3 is 2.84 bits per heavy atom. The number of benzene rings is 1. The summed E-state index contributed by atoms with van der Waals surface area (Å²) in [5.41, 5.74) is 0.711. The number of rotatable bonds is 2. The van der Waals surface area contributed by atoms with E-state index in [1.54, 1.807) is 30.0 Å². The molecule has 0 N–H and O–H groups in total. The molecule has 0 radical (unpaired) electrons. The number of aromatic nitrogens is 2. The fourth-order valence-corrected chi connectivity index (χ4v) is 3.19. The second kappa shape index (κ2) is 5.15. The number of hydrogen-bond donors (Lipinski definition) is 0. The minimum Gasteiger partial charge on any atom is -0.338 e. The van der Waals surface area contributed by atoms with Gasteiger partial charge in [-0.25, -0.2) is 0 Å². The summed E-state index contributed by atoms with van der Waals surface area (Å²) in [5, 5.41) is 4.78. The molecule has 2 heterocycles. The van der Waals surface area contributed by atoms with Gasteiger partial charge in [0.05, 0.1) is 15.8 Å². The van der Waals surface area contributed by atoms with E-state index in [0.29, 0.717) is 38.8 Å². The predicted molar refractivity (Wildman–Crippen MR) is 74.8 cm³/mol. The monoisotopic (exact) mass is 314 g/mol. The highest BCUT2D eigenvalue weighted by Crippen LogP contribution is 2.31. The third kappa shape index (κ3) is 2.50. The third-order valence-electron chi connectivity index (χ3n) is 2.84. The van der Waals surface area contributed by atoms with Crippen LogP contribution in [0.1, 0.15) is 11.8 Å². The van der Waals surface area contributed by atoms with Gasteiger partial charge in [0.25, 0.3) is 0 Å². The van der Waals surface area contributed by atoms with Crippen molar-refractivity contribution in [1.29, 1.82) is 0 Å². The number of ketones is 1. The molecule has 0 bridgehead atoms. The normalized spacial score (nSPS) is 19.1. The number of thioether (sulfide) groups is 1. The first-order valence-corrected chi connectivity index (χ1v) is 7.45. The zero-order valence-electron chi connectivity index (χ0n) is 9.60. The van der Waals surface area contributed by atoms with Gasteiger partial charge in [-0.15, -0.1) is 0 Å². The molecular weight excluding hydrogens is 307 g/mol. The SMILES string of the molecule is O=C1CSCC1c1nc(-c2ccc(Cl)c(Cl)c2)no1. The first-order valence-electron chi connectivity index (χ1n) is 5.54. The lowest BCUT2D eigenvalue weighted by atomic mass is 10.1. The molecule has 0 aliphatic carbocycles. The van der Waals surface area contributed by atoms with Crippen molar-refractivity contribution < 1.29 is 9.32 Å². The maximum atomic E-state index is 11.6. The number of nitrogens with zero attached hydrogens (tertiary/aromatic N) is 2. The van der Waals surface area contributed by atoms with Crippen molar-refractivity contribution in [3.8, 4) is 11.4 Å². The van der Waals surface area contributed by atoms with Crippen molar-refractivity contribution in [2.75, 3.05) is 11.5 Å². The Kier molecular flexibility index (Phi) is 3.52. The highest BCUT2D eigenvalue weighted by molar-refractivity contribution is 8.00. The third-order valence-corrected chi connectivity index (χ3v) is 4.63. The van der Waals surface area contributed by atoms with E-state index in [9.17, 15) is 4.79 Å². The second-order valence-electron chi connectivity index (χ2n) is 4.12. The van der Waals surface area contributed by atoms with Crippen molar-refractivity contribution in [2.24, 2.45) is 0 Å². The van der Waals surface area contributed by atoms with Gasteiger partial charge in [-0.1, -0.05) is 28.4 Å². The molecule has 4 nitrogen and oxygen atoms in total. The largest absolute Gasteiger partial charge is 0.338 e. The number of halogens is 2. The van der Waals surface area contributed by atoms with Crippen LogP contribution in [0, 0.1) is 0 Å². The van der Waals surface area contributed by atoms with E-state index >= 15 is 0 Å². The Morgan fingerprint density at radius 1 is 1.32 bits per heavy atom. The summed E-state index contributed by atoms with van der Waals surface area (Å²) in [6.45, 7) is 0. The van der Waals surface area contributed by atoms with Gasteiger partial charge in [0.1, 0.15) is 5.92 Å². The minimum absolute atomic E-state index is 0.134. The summed E-state index contributed by atoms with van der Waals surface area (Å²) < 4.78 is 5.17. The molecule has 2 aromatic rings. The van der Waals surface area contributed by atoms with E-state index in [4.69, 9.17) is 27.7 Å². The molecule has 98 valence electrons. The molecule has 1 unspecified atom stereocenters. The van der Waals surface area contributed by atoms with Crippen molar-refractivity contribution in [3.63, 3.8) is 0 Å². The predicted octanol–water partition coefficient (Wildman–Crippen LogP) is 3.44. The highest BCUT2D eigenvalue weighted by Gasteiger charge is 2.31. The number of carbonyl (C=O) groups is 1. The average Bonchev–Trinajstić information content (AvgIpc) is 3.01. The molecule has 1 fully saturated rings. The Hall–Kier alpha value is -1.04. The van der Waals surface area contributed by atoms with Crippen LogP contribution >= 0.6 is 35.0 Å². The van der Waals surface area contributed by atoms with E-state index in [1.165, 1.54) is 0 Å². The molecule has 7 heteroatoms. The van der Waals surface area contributed by atoms with Crippen LogP contribution in [-0.2, 0) is 4.79 Å². The smallest absolute Gasteiger partial charge is 0.238 e. The lowest BCUT2D eigenvalue weighted by Gasteiger charge is -1.98. The van der Waals surface area contributed by atoms with Crippen LogP contribution in [0.3, 0.4) is 0 Å². The zero-order valence-corrected chi connectivity index (χ0v) is 11.9. The van der Waals surface area contributed by atoms with E-state index in [0.717, 1.165) is 0 Å². The van der Waals surface area contributed by atoms with Crippen molar-refractivity contribution in [2.45, 2.75) is 5.92 Å². The van der Waals surface area contributed by atoms with Gasteiger partial charge in [-0.3, -0.25) is 4.79 Å². The van der Waals surface area contributed by atoms with Crippen LogP contribution in [-0.4, -0.2) is 27.4 Å². The molecule has 0 saturated carbocycles. The summed E-state index contributed by atoms with van der Waals surface area (Å²) in [4.78, 5) is 15.9. The summed E-state index contributed by atoms with van der Waals surface area (Å²) >= 11 is 13.4. The van der Waals surface area contributed by atoms with E-state index < -0.39 is 0 Å². The zero-order chi connectivity index (χ0) is 13.4. The number of carbonyl (C=O) groups excluding carboxylic acids is 1. The molecule has 1 aromatic heterocycles. The van der Waals surface area contributed by atoms with Crippen molar-refractivity contribution in [1.82, 2.24) is 10.1 Å². The van der Waals surface area contributed by atoms with Crippen molar-refractivity contribution >= 4 is 40.7 Å². The van der Waals surface area contributed by atoms with E-state index in [1.807, 2.05) is 0 Å². The molecule has 0 amide bonds. The van der Waals surface area contributed by atoms with Crippen LogP contribution in [0.15, 0.2) is 22.7 Å². The molecule has 1 saturated heterocycles. The quantitative estimate of drug-likeness (QED) is 0.849. The number of hydrogen-bond acceptors (Lipinski definition) is 5. The molecule has 1 aliphatic rings. The van der Waals surface area contributed by atoms with Gasteiger partial charge in [0.15, 0.2) is 5.78 Å². The highest BCUT2D eigenvalue weighted by atomic mass is 35.5. The van der Waals surface area contributed by atoms with Gasteiger partial charge < -0.3 is 4.52 Å². The fraction of sp³-hybridized carbons (Fsp3) is 0.250. The lowest BCUT2D eigenvalue weighted by Crippen LogP contribution is -2.09. The second-order valence-corrected chi connectivity index (χ2v) is 5.96. The minimum atomic E-state index is -0.283. The molecule has 3 rings (SSSR count). The Labute approximate surface area is 123 Å². The van der Waals surface area contributed by atoms with Crippen LogP contribution in [0.5, 0.6) is 0 Å². The fourth-order valence-electron chi connectivity index (χ4n) is 1.81. The van der Waals surface area contributed by atoms with Gasteiger partial charge >= 0.3 is 0 Å². The Balaban J connectivity index is 1.92. The maximum Gasteiger partial charge on any atom is 0.238 e. The first kappa shape index (κ1) is 13.0. The molecule has 1 aliphatic heterocycles. The van der Waals surface area contributed by atoms with Gasteiger partial charge in [-0.05, 0) is 18.2 Å². The molecule has 0 spiro atoms. The van der Waals surface area contributed by atoms with Gasteiger partial charge in [0.2, 0.25) is 11.7 Å². The Bertz CT molecular complexity index is 644. The average molecular weight is 315 g/mol. The molecule has 1 atom stereocenters. The molecular formula is C12H8Cl2N2O2S. The summed E-state index contributed by atoms with van der Waals surface area (Å²) in [7, 11) is 0. The van der Waals surface area contributed by atoms with Crippen molar-refractivity contribution in [3.05, 3.63) is 34.1 Å². The van der Waals surface area contributed by atoms with Crippen LogP contribution in [0.4, 0.5) is 0 Å². The summed E-state index contributed by atoms with van der Waals surface area (Å²) in [5.74, 6) is 1.84. The van der Waals surface area contributed by atoms with E-state index in [2.05, 4.69) is 10.1 Å². The van der Waals surface area contributed by atoms with Crippen LogP contribution in [0.2, 0.25) is 10.0 Å². The van der Waals surface area contributed by atoms with Crippen LogP contribution < -0.4 is 0 Å². The van der Waals surface area contributed by atoms with Gasteiger partial charge in [0, 0.05) is 11.3 Å². The van der Waals surface area contributed by atoms with E-state index in [-0.39, 0.29) is 11.7 Å². The summed E-state index contributed by atoms with van der Waals surface area (Å²) in [6, 6.07) is 5.10. The topological polar surface area (TPSA) is 56.0 Å².